The molecular weight excluding hydrogens is 358 g/mol. The van der Waals surface area contributed by atoms with Crippen LogP contribution in [0.5, 0.6) is 5.75 Å². The van der Waals surface area contributed by atoms with E-state index in [1.54, 1.807) is 55.6 Å². The lowest BCUT2D eigenvalue weighted by Crippen LogP contribution is -2.13. The van der Waals surface area contributed by atoms with Crippen LogP contribution in [0.25, 0.3) is 0 Å². The number of nitrogens with one attached hydrogen (secondary N) is 3. The van der Waals surface area contributed by atoms with Crippen molar-refractivity contribution in [2.24, 2.45) is 0 Å². The van der Waals surface area contributed by atoms with E-state index >= 15 is 0 Å². The topological polar surface area (TPSA) is 105 Å². The molecule has 0 saturated carbocycles. The average Bonchev–Trinajstić information content (AvgIpc) is 2.69. The number of benzene rings is 2. The molecule has 2 amide bonds. The van der Waals surface area contributed by atoms with Crippen molar-refractivity contribution >= 4 is 34.8 Å². The molecule has 8 heteroatoms. The van der Waals surface area contributed by atoms with Gasteiger partial charge in [-0.1, -0.05) is 6.07 Å². The minimum absolute atomic E-state index is 0.145. The van der Waals surface area contributed by atoms with Crippen molar-refractivity contribution < 1.29 is 14.3 Å². The first-order valence-corrected chi connectivity index (χ1v) is 8.47. The normalized spacial score (nSPS) is 10.1. The van der Waals surface area contributed by atoms with Crippen LogP contribution < -0.4 is 20.7 Å². The largest absolute Gasteiger partial charge is 0.497 e. The highest BCUT2D eigenvalue weighted by molar-refractivity contribution is 6.03. The molecule has 0 radical (unpaired) electrons. The molecule has 0 atom stereocenters. The van der Waals surface area contributed by atoms with Crippen LogP contribution in [0, 0.1) is 0 Å². The molecule has 1 heterocycles. The second kappa shape index (κ2) is 8.63. The second-order valence-electron chi connectivity index (χ2n) is 5.87. The van der Waals surface area contributed by atoms with Crippen LogP contribution in [-0.2, 0) is 4.79 Å². The van der Waals surface area contributed by atoms with Gasteiger partial charge < -0.3 is 20.7 Å². The van der Waals surface area contributed by atoms with E-state index in [-0.39, 0.29) is 11.8 Å². The van der Waals surface area contributed by atoms with Gasteiger partial charge in [0.2, 0.25) is 5.91 Å². The van der Waals surface area contributed by atoms with Crippen LogP contribution in [0.15, 0.2) is 60.7 Å². The van der Waals surface area contributed by atoms with Gasteiger partial charge in [-0.15, -0.1) is 10.2 Å². The highest BCUT2D eigenvalue weighted by atomic mass is 16.5. The van der Waals surface area contributed by atoms with E-state index in [4.69, 9.17) is 4.74 Å². The third kappa shape index (κ3) is 5.04. The zero-order chi connectivity index (χ0) is 19.9. The highest BCUT2D eigenvalue weighted by Gasteiger charge is 2.08. The third-order valence-corrected chi connectivity index (χ3v) is 3.71. The van der Waals surface area contributed by atoms with Gasteiger partial charge in [0.25, 0.3) is 5.91 Å². The van der Waals surface area contributed by atoms with Gasteiger partial charge in [-0.05, 0) is 54.6 Å². The highest BCUT2D eigenvalue weighted by Crippen LogP contribution is 2.19. The van der Waals surface area contributed by atoms with E-state index in [1.165, 1.54) is 6.92 Å². The van der Waals surface area contributed by atoms with Crippen molar-refractivity contribution in [3.63, 3.8) is 0 Å². The summed E-state index contributed by atoms with van der Waals surface area (Å²) < 4.78 is 5.07. The first-order valence-electron chi connectivity index (χ1n) is 8.47. The molecule has 142 valence electrons. The summed E-state index contributed by atoms with van der Waals surface area (Å²) in [7, 11) is 1.57. The van der Waals surface area contributed by atoms with Crippen LogP contribution >= 0.6 is 0 Å². The number of aromatic nitrogens is 2. The number of nitrogens with zero attached hydrogens (tertiary/aromatic N) is 2. The number of anilines is 4. The predicted octanol–water partition coefficient (Wildman–Crippen LogP) is 3.44. The SMILES string of the molecule is COc1ccc(C(=O)Nc2ccc(Nc3cccc(NC(C)=O)c3)nn2)cc1. The molecule has 0 unspecified atom stereocenters. The lowest BCUT2D eigenvalue weighted by atomic mass is 10.2. The molecule has 1 aromatic heterocycles. The Bertz CT molecular complexity index is 972. The van der Waals surface area contributed by atoms with Gasteiger partial charge in [-0.3, -0.25) is 9.59 Å². The summed E-state index contributed by atoms with van der Waals surface area (Å²) >= 11 is 0. The maximum Gasteiger partial charge on any atom is 0.256 e. The molecule has 3 N–H and O–H groups in total. The lowest BCUT2D eigenvalue weighted by molar-refractivity contribution is -0.114. The van der Waals surface area contributed by atoms with Crippen molar-refractivity contribution in [3.05, 3.63) is 66.2 Å². The van der Waals surface area contributed by atoms with Gasteiger partial charge in [0.15, 0.2) is 11.6 Å². The fourth-order valence-electron chi connectivity index (χ4n) is 2.42. The summed E-state index contributed by atoms with van der Waals surface area (Å²) in [6, 6.07) is 17.3. The molecule has 3 aromatic rings. The zero-order valence-electron chi connectivity index (χ0n) is 15.4. The van der Waals surface area contributed by atoms with Gasteiger partial charge in [-0.25, -0.2) is 0 Å². The molecule has 0 saturated heterocycles. The van der Waals surface area contributed by atoms with Gasteiger partial charge in [0, 0.05) is 23.9 Å². The second-order valence-corrected chi connectivity index (χ2v) is 5.87. The molecule has 0 spiro atoms. The fourth-order valence-corrected chi connectivity index (χ4v) is 2.42. The summed E-state index contributed by atoms with van der Waals surface area (Å²) in [5.74, 6) is 1.07. The molecule has 0 fully saturated rings. The Morgan fingerprint density at radius 3 is 2.18 bits per heavy atom. The molecule has 0 aliphatic rings. The van der Waals surface area contributed by atoms with E-state index in [1.807, 2.05) is 12.1 Å². The standard InChI is InChI=1S/C20H19N5O3/c1-13(26)21-15-4-3-5-16(12-15)22-18-10-11-19(25-24-18)23-20(27)14-6-8-17(28-2)9-7-14/h3-12H,1-2H3,(H,21,26)(H,22,24)(H,23,25,27). The number of ether oxygens (including phenoxy) is 1. The number of methoxy groups -OCH3 is 1. The first kappa shape index (κ1) is 18.8. The van der Waals surface area contributed by atoms with Crippen LogP contribution in [-0.4, -0.2) is 29.1 Å². The van der Waals surface area contributed by atoms with E-state index in [2.05, 4.69) is 26.1 Å². The maximum atomic E-state index is 12.2. The Labute approximate surface area is 161 Å². The molecule has 0 aliphatic heterocycles. The molecular formula is C20H19N5O3. The third-order valence-electron chi connectivity index (χ3n) is 3.71. The van der Waals surface area contributed by atoms with Crippen molar-refractivity contribution in [1.82, 2.24) is 10.2 Å². The predicted molar refractivity (Wildman–Crippen MR) is 107 cm³/mol. The summed E-state index contributed by atoms with van der Waals surface area (Å²) in [6.07, 6.45) is 0. The Morgan fingerprint density at radius 1 is 0.857 bits per heavy atom. The molecule has 0 bridgehead atoms. The van der Waals surface area contributed by atoms with Crippen LogP contribution in [0.4, 0.5) is 23.0 Å². The Hall–Kier alpha value is -3.94. The minimum Gasteiger partial charge on any atom is -0.497 e. The number of rotatable bonds is 6. The van der Waals surface area contributed by atoms with E-state index < -0.39 is 0 Å². The Kier molecular flexibility index (Phi) is 5.81. The smallest absolute Gasteiger partial charge is 0.256 e. The van der Waals surface area contributed by atoms with Gasteiger partial charge in [0.05, 0.1) is 7.11 Å². The first-order chi connectivity index (χ1) is 13.5. The van der Waals surface area contributed by atoms with Crippen molar-refractivity contribution in [2.45, 2.75) is 6.92 Å². The van der Waals surface area contributed by atoms with E-state index in [0.29, 0.717) is 28.6 Å². The quantitative estimate of drug-likeness (QED) is 0.608. The number of carbonyl (C=O) groups is 2. The maximum absolute atomic E-state index is 12.2. The molecule has 3 rings (SSSR count). The summed E-state index contributed by atoms with van der Waals surface area (Å²) in [6.45, 7) is 1.45. The number of hydrogen-bond donors (Lipinski definition) is 3. The zero-order valence-corrected chi connectivity index (χ0v) is 15.4. The Balaban J connectivity index is 1.63. The number of hydrogen-bond acceptors (Lipinski definition) is 6. The van der Waals surface area contributed by atoms with Crippen LogP contribution in [0.1, 0.15) is 17.3 Å². The minimum atomic E-state index is -0.291. The van der Waals surface area contributed by atoms with Gasteiger partial charge in [0.1, 0.15) is 5.75 Å². The summed E-state index contributed by atoms with van der Waals surface area (Å²) in [4.78, 5) is 23.4. The molecule has 0 aliphatic carbocycles. The fraction of sp³-hybridized carbons (Fsp3) is 0.100. The average molecular weight is 377 g/mol. The molecule has 2 aromatic carbocycles. The van der Waals surface area contributed by atoms with Crippen molar-refractivity contribution in [2.75, 3.05) is 23.1 Å². The van der Waals surface area contributed by atoms with Gasteiger partial charge >= 0.3 is 0 Å². The van der Waals surface area contributed by atoms with Crippen molar-refractivity contribution in [1.29, 1.82) is 0 Å². The summed E-state index contributed by atoms with van der Waals surface area (Å²) in [5, 5.41) is 16.6. The molecule has 28 heavy (non-hydrogen) atoms. The van der Waals surface area contributed by atoms with Crippen LogP contribution in [0.3, 0.4) is 0 Å². The van der Waals surface area contributed by atoms with E-state index in [0.717, 1.165) is 5.69 Å². The van der Waals surface area contributed by atoms with Crippen molar-refractivity contribution in [3.8, 4) is 5.75 Å². The van der Waals surface area contributed by atoms with Crippen LogP contribution in [0.2, 0.25) is 0 Å². The lowest BCUT2D eigenvalue weighted by Gasteiger charge is -2.09. The molecule has 8 nitrogen and oxygen atoms in total. The Morgan fingerprint density at radius 2 is 1.54 bits per heavy atom. The monoisotopic (exact) mass is 377 g/mol. The van der Waals surface area contributed by atoms with E-state index in [9.17, 15) is 9.59 Å². The summed E-state index contributed by atoms with van der Waals surface area (Å²) in [5.41, 5.74) is 1.91. The number of carbonyl (C=O) groups excluding carboxylic acids is 2. The van der Waals surface area contributed by atoms with Gasteiger partial charge in [-0.2, -0.15) is 0 Å². The number of amides is 2.